The molecule has 228 valence electrons. The summed E-state index contributed by atoms with van der Waals surface area (Å²) in [7, 11) is 0. The number of rotatable bonds is 3. The first-order valence-corrected chi connectivity index (χ1v) is 17.3. The van der Waals surface area contributed by atoms with Gasteiger partial charge in [0.1, 0.15) is 0 Å². The van der Waals surface area contributed by atoms with Gasteiger partial charge in [0.2, 0.25) is 5.95 Å². The van der Waals surface area contributed by atoms with E-state index in [4.69, 9.17) is 9.97 Å². The second-order valence-corrected chi connectivity index (χ2v) is 13.7. The molecule has 0 aliphatic heterocycles. The van der Waals surface area contributed by atoms with Gasteiger partial charge in [-0.25, -0.2) is 9.97 Å². The Bertz CT molecular complexity index is 3110. The van der Waals surface area contributed by atoms with Crippen LogP contribution in [0, 0.1) is 0 Å². The molecule has 0 saturated carbocycles. The molecule has 0 spiro atoms. The van der Waals surface area contributed by atoms with Crippen molar-refractivity contribution in [2.24, 2.45) is 0 Å². The third-order valence-corrected chi connectivity index (χ3v) is 11.1. The molecule has 4 aromatic heterocycles. The van der Waals surface area contributed by atoms with E-state index in [0.29, 0.717) is 5.95 Å². The molecule has 0 aliphatic rings. The molecular formula is C44H26N4S. The summed E-state index contributed by atoms with van der Waals surface area (Å²) in [5, 5.41) is 8.46. The molecule has 5 heteroatoms. The van der Waals surface area contributed by atoms with Crippen LogP contribution < -0.4 is 0 Å². The third-order valence-electron chi connectivity index (χ3n) is 9.93. The fourth-order valence-corrected chi connectivity index (χ4v) is 8.96. The van der Waals surface area contributed by atoms with Crippen LogP contribution >= 0.6 is 11.3 Å². The van der Waals surface area contributed by atoms with E-state index >= 15 is 0 Å². The van der Waals surface area contributed by atoms with Crippen LogP contribution in [0.15, 0.2) is 158 Å². The number of nitrogens with zero attached hydrogens (tertiary/aromatic N) is 4. The molecule has 0 aliphatic carbocycles. The van der Waals surface area contributed by atoms with E-state index in [-0.39, 0.29) is 0 Å². The zero-order chi connectivity index (χ0) is 32.1. The van der Waals surface area contributed by atoms with Gasteiger partial charge in [0.25, 0.3) is 0 Å². The van der Waals surface area contributed by atoms with Gasteiger partial charge >= 0.3 is 0 Å². The fourth-order valence-electron chi connectivity index (χ4n) is 7.80. The minimum absolute atomic E-state index is 0.680. The highest BCUT2D eigenvalue weighted by Gasteiger charge is 2.22. The normalized spacial score (nSPS) is 12.1. The second kappa shape index (κ2) is 10.1. The van der Waals surface area contributed by atoms with E-state index < -0.39 is 0 Å². The maximum Gasteiger partial charge on any atom is 0.235 e. The van der Waals surface area contributed by atoms with Crippen molar-refractivity contribution in [1.29, 1.82) is 0 Å². The van der Waals surface area contributed by atoms with Crippen molar-refractivity contribution in [2.75, 3.05) is 0 Å². The molecule has 0 N–H and O–H groups in total. The van der Waals surface area contributed by atoms with Crippen LogP contribution in [0.2, 0.25) is 0 Å². The van der Waals surface area contributed by atoms with E-state index in [1.807, 2.05) is 0 Å². The van der Waals surface area contributed by atoms with Crippen LogP contribution in [-0.4, -0.2) is 19.1 Å². The quantitative estimate of drug-likeness (QED) is 0.192. The van der Waals surface area contributed by atoms with Gasteiger partial charge in [-0.2, -0.15) is 0 Å². The van der Waals surface area contributed by atoms with Gasteiger partial charge < -0.3 is 4.57 Å². The summed E-state index contributed by atoms with van der Waals surface area (Å²) in [6.07, 6.45) is 0. The number of benzene rings is 7. The monoisotopic (exact) mass is 642 g/mol. The summed E-state index contributed by atoms with van der Waals surface area (Å²) in [4.78, 5) is 10.9. The smallest absolute Gasteiger partial charge is 0.235 e. The molecule has 4 heterocycles. The molecule has 7 aromatic carbocycles. The second-order valence-electron chi connectivity index (χ2n) is 12.6. The maximum atomic E-state index is 5.50. The highest BCUT2D eigenvalue weighted by atomic mass is 32.1. The topological polar surface area (TPSA) is 35.6 Å². The molecule has 49 heavy (non-hydrogen) atoms. The third kappa shape index (κ3) is 3.79. The summed E-state index contributed by atoms with van der Waals surface area (Å²) in [6, 6.07) is 56.4. The number of fused-ring (bicyclic) bond motifs is 11. The first-order valence-electron chi connectivity index (χ1n) is 16.5. The van der Waals surface area contributed by atoms with Crippen molar-refractivity contribution in [3.63, 3.8) is 0 Å². The minimum Gasteiger partial charge on any atom is -0.309 e. The van der Waals surface area contributed by atoms with Gasteiger partial charge in [-0.05, 0) is 59.3 Å². The molecule has 0 fully saturated rings. The molecule has 0 radical (unpaired) electrons. The van der Waals surface area contributed by atoms with E-state index in [0.717, 1.165) is 43.6 Å². The zero-order valence-electron chi connectivity index (χ0n) is 26.2. The molecule has 11 aromatic rings. The van der Waals surface area contributed by atoms with Gasteiger partial charge in [-0.1, -0.05) is 109 Å². The predicted octanol–water partition coefficient (Wildman–Crippen LogP) is 11.9. The van der Waals surface area contributed by atoms with Gasteiger partial charge in [-0.3, -0.25) is 4.57 Å². The first-order chi connectivity index (χ1) is 24.3. The van der Waals surface area contributed by atoms with Crippen LogP contribution in [0.5, 0.6) is 0 Å². The van der Waals surface area contributed by atoms with Gasteiger partial charge in [0.05, 0.1) is 38.0 Å². The lowest BCUT2D eigenvalue weighted by atomic mass is 10.0. The summed E-state index contributed by atoms with van der Waals surface area (Å²) >= 11 is 1.77. The predicted molar refractivity (Wildman–Crippen MR) is 207 cm³/mol. The Balaban J connectivity index is 1.24. The summed E-state index contributed by atoms with van der Waals surface area (Å²) in [5.74, 6) is 0.680. The largest absolute Gasteiger partial charge is 0.309 e. The molecule has 0 unspecified atom stereocenters. The first kappa shape index (κ1) is 26.7. The van der Waals surface area contributed by atoms with Gasteiger partial charge in [0, 0.05) is 42.9 Å². The molecule has 0 amide bonds. The standard InChI is InChI=1S/C44H26N4S/c1-2-13-29(14-3-1)47-35-19-9-6-16-31(35)34-26-28(23-24-37(34)47)41-43-42(33-18-8-11-21-39(33)49-43)46-44(45-41)48-36-20-10-7-17-32(36)40-30-15-5-4-12-27(30)22-25-38(40)48/h1-26H. The number of para-hydroxylation sites is 3. The lowest BCUT2D eigenvalue weighted by Gasteiger charge is -2.11. The van der Waals surface area contributed by atoms with E-state index in [1.165, 1.54) is 48.1 Å². The molecule has 0 atom stereocenters. The minimum atomic E-state index is 0.680. The van der Waals surface area contributed by atoms with Crippen molar-refractivity contribution in [3.8, 4) is 22.9 Å². The average Bonchev–Trinajstić information content (AvgIpc) is 3.82. The van der Waals surface area contributed by atoms with Gasteiger partial charge in [-0.15, -0.1) is 11.3 Å². The summed E-state index contributed by atoms with van der Waals surface area (Å²) in [5.41, 5.74) is 8.73. The highest BCUT2D eigenvalue weighted by Crippen LogP contribution is 2.42. The van der Waals surface area contributed by atoms with E-state index in [1.54, 1.807) is 11.3 Å². The Labute approximate surface area is 284 Å². The summed E-state index contributed by atoms with van der Waals surface area (Å²) < 4.78 is 6.92. The average molecular weight is 643 g/mol. The number of aromatic nitrogens is 4. The number of hydrogen-bond acceptors (Lipinski definition) is 3. The molecular weight excluding hydrogens is 617 g/mol. The Morgan fingerprint density at radius 3 is 1.96 bits per heavy atom. The lowest BCUT2D eigenvalue weighted by molar-refractivity contribution is 1.02. The van der Waals surface area contributed by atoms with Crippen molar-refractivity contribution in [2.45, 2.75) is 0 Å². The fraction of sp³-hybridized carbons (Fsp3) is 0. The van der Waals surface area contributed by atoms with E-state index in [9.17, 15) is 0 Å². The Kier molecular flexibility index (Phi) is 5.51. The van der Waals surface area contributed by atoms with Crippen molar-refractivity contribution in [1.82, 2.24) is 19.1 Å². The van der Waals surface area contributed by atoms with Crippen LogP contribution in [-0.2, 0) is 0 Å². The van der Waals surface area contributed by atoms with Crippen LogP contribution in [0.25, 0.3) is 97.6 Å². The zero-order valence-corrected chi connectivity index (χ0v) is 27.0. The maximum absolute atomic E-state index is 5.50. The van der Waals surface area contributed by atoms with Crippen molar-refractivity contribution >= 4 is 86.0 Å². The van der Waals surface area contributed by atoms with Crippen molar-refractivity contribution < 1.29 is 0 Å². The molecule has 4 nitrogen and oxygen atoms in total. The Morgan fingerprint density at radius 1 is 0.449 bits per heavy atom. The van der Waals surface area contributed by atoms with Crippen LogP contribution in [0.1, 0.15) is 0 Å². The highest BCUT2D eigenvalue weighted by molar-refractivity contribution is 7.26. The molecule has 0 bridgehead atoms. The van der Waals surface area contributed by atoms with Crippen LogP contribution in [0.3, 0.4) is 0 Å². The van der Waals surface area contributed by atoms with E-state index in [2.05, 4.69) is 167 Å². The molecule has 11 rings (SSSR count). The Morgan fingerprint density at radius 2 is 1.10 bits per heavy atom. The number of thiophene rings is 1. The lowest BCUT2D eigenvalue weighted by Crippen LogP contribution is -2.02. The molecule has 0 saturated heterocycles. The SMILES string of the molecule is c1ccc(-n2c3ccccc3c3cc(-c4nc(-n5c6ccccc6c6c7ccccc7ccc65)nc5c4sc4ccccc45)ccc32)cc1. The number of hydrogen-bond donors (Lipinski definition) is 0. The van der Waals surface area contributed by atoms with Crippen molar-refractivity contribution in [3.05, 3.63) is 158 Å². The van der Waals surface area contributed by atoms with Gasteiger partial charge in [0.15, 0.2) is 0 Å². The van der Waals surface area contributed by atoms with Crippen LogP contribution in [0.4, 0.5) is 0 Å². The summed E-state index contributed by atoms with van der Waals surface area (Å²) in [6.45, 7) is 0. The Hall–Kier alpha value is -6.30.